The number of amides is 1. The summed E-state index contributed by atoms with van der Waals surface area (Å²) in [6.07, 6.45) is 0.251. The van der Waals surface area contributed by atoms with E-state index in [0.29, 0.717) is 25.1 Å². The lowest BCUT2D eigenvalue weighted by Crippen LogP contribution is -2.41. The smallest absolute Gasteiger partial charge is 0.399 e. The van der Waals surface area contributed by atoms with E-state index in [2.05, 4.69) is 0 Å². The van der Waals surface area contributed by atoms with Crippen LogP contribution in [0.4, 0.5) is 0 Å². The summed E-state index contributed by atoms with van der Waals surface area (Å²) < 4.78 is 12.0. The molecule has 2 aliphatic heterocycles. The SMILES string of the molecule is CC1(C)OB(c2ccc(C(=O)N3CC[C@H](O)C3)cc2)OC1(C)C. The number of aliphatic hydroxyl groups is 1. The summed E-state index contributed by atoms with van der Waals surface area (Å²) in [7, 11) is -0.419. The minimum atomic E-state index is -0.419. The van der Waals surface area contributed by atoms with Crippen molar-refractivity contribution in [3.05, 3.63) is 29.8 Å². The van der Waals surface area contributed by atoms with Crippen LogP contribution in [0.25, 0.3) is 0 Å². The maximum absolute atomic E-state index is 12.4. The second-order valence-corrected chi connectivity index (χ2v) is 7.40. The number of likely N-dealkylation sites (tertiary alicyclic amines) is 1. The van der Waals surface area contributed by atoms with E-state index < -0.39 is 13.2 Å². The van der Waals surface area contributed by atoms with E-state index in [-0.39, 0.29) is 17.1 Å². The predicted octanol–water partition coefficient (Wildman–Crippen LogP) is 1.19. The molecule has 0 aliphatic carbocycles. The van der Waals surface area contributed by atoms with Gasteiger partial charge in [0.2, 0.25) is 0 Å². The number of rotatable bonds is 2. The molecule has 1 aromatic carbocycles. The van der Waals surface area contributed by atoms with Crippen molar-refractivity contribution in [3.63, 3.8) is 0 Å². The van der Waals surface area contributed by atoms with Crippen LogP contribution in [-0.2, 0) is 9.31 Å². The Balaban J connectivity index is 1.72. The maximum Gasteiger partial charge on any atom is 0.494 e. The number of benzene rings is 1. The summed E-state index contributed by atoms with van der Waals surface area (Å²) in [6, 6.07) is 7.35. The van der Waals surface area contributed by atoms with E-state index >= 15 is 0 Å². The number of hydrogen-bond acceptors (Lipinski definition) is 4. The quantitative estimate of drug-likeness (QED) is 0.833. The topological polar surface area (TPSA) is 59.0 Å². The molecular formula is C17H24BNO4. The lowest BCUT2D eigenvalue weighted by atomic mass is 9.79. The number of carbonyl (C=O) groups excluding carboxylic acids is 1. The molecule has 2 heterocycles. The van der Waals surface area contributed by atoms with Gasteiger partial charge in [0.25, 0.3) is 5.91 Å². The van der Waals surface area contributed by atoms with Crippen molar-refractivity contribution < 1.29 is 19.2 Å². The highest BCUT2D eigenvalue weighted by atomic mass is 16.7. The highest BCUT2D eigenvalue weighted by molar-refractivity contribution is 6.62. The molecule has 0 aromatic heterocycles. The molecule has 1 amide bonds. The monoisotopic (exact) mass is 317 g/mol. The van der Waals surface area contributed by atoms with Crippen LogP contribution >= 0.6 is 0 Å². The van der Waals surface area contributed by atoms with E-state index in [0.717, 1.165) is 5.46 Å². The molecule has 0 radical (unpaired) electrons. The Morgan fingerprint density at radius 2 is 1.74 bits per heavy atom. The van der Waals surface area contributed by atoms with Gasteiger partial charge < -0.3 is 19.3 Å². The van der Waals surface area contributed by atoms with Gasteiger partial charge in [-0.3, -0.25) is 4.79 Å². The molecule has 1 aromatic rings. The van der Waals surface area contributed by atoms with Gasteiger partial charge in [0.1, 0.15) is 0 Å². The van der Waals surface area contributed by atoms with Crippen LogP contribution in [0.5, 0.6) is 0 Å². The molecule has 2 aliphatic rings. The highest BCUT2D eigenvalue weighted by Gasteiger charge is 2.51. The van der Waals surface area contributed by atoms with Crippen molar-refractivity contribution in [1.82, 2.24) is 4.90 Å². The van der Waals surface area contributed by atoms with E-state index in [1.807, 2.05) is 39.8 Å². The Bertz CT molecular complexity index is 583. The average molecular weight is 317 g/mol. The third-order valence-electron chi connectivity index (χ3n) is 5.13. The Morgan fingerprint density at radius 1 is 1.17 bits per heavy atom. The van der Waals surface area contributed by atoms with Crippen LogP contribution in [0.2, 0.25) is 0 Å². The standard InChI is InChI=1S/C17H24BNO4/c1-16(2)17(3,4)23-18(22-16)13-7-5-12(6-8-13)15(21)19-10-9-14(20)11-19/h5-8,14,20H,9-11H2,1-4H3/t14-/m0/s1. The fourth-order valence-corrected chi connectivity index (χ4v) is 2.87. The Kier molecular flexibility index (Phi) is 4.03. The lowest BCUT2D eigenvalue weighted by molar-refractivity contribution is 0.00578. The molecule has 1 atom stereocenters. The number of carbonyl (C=O) groups is 1. The summed E-state index contributed by atoms with van der Waals surface area (Å²) in [6.45, 7) is 9.09. The fourth-order valence-electron chi connectivity index (χ4n) is 2.87. The van der Waals surface area contributed by atoms with Gasteiger partial charge in [-0.2, -0.15) is 0 Å². The lowest BCUT2D eigenvalue weighted by Gasteiger charge is -2.32. The third kappa shape index (κ3) is 3.03. The molecule has 2 saturated heterocycles. The zero-order valence-corrected chi connectivity index (χ0v) is 14.2. The zero-order valence-electron chi connectivity index (χ0n) is 14.2. The summed E-state index contributed by atoms with van der Waals surface area (Å²) in [4.78, 5) is 14.1. The van der Waals surface area contributed by atoms with Crippen molar-refractivity contribution in [2.75, 3.05) is 13.1 Å². The predicted molar refractivity (Wildman–Crippen MR) is 88.7 cm³/mol. The number of aliphatic hydroxyl groups excluding tert-OH is 1. The van der Waals surface area contributed by atoms with Gasteiger partial charge in [-0.05, 0) is 51.7 Å². The number of β-amino-alcohol motifs (C(OH)–C–C–N with tert-alkyl or cyclic N) is 1. The normalized spacial score (nSPS) is 25.9. The van der Waals surface area contributed by atoms with Gasteiger partial charge in [-0.15, -0.1) is 0 Å². The van der Waals surface area contributed by atoms with Crippen LogP contribution < -0.4 is 5.46 Å². The third-order valence-corrected chi connectivity index (χ3v) is 5.13. The van der Waals surface area contributed by atoms with Gasteiger partial charge in [-0.1, -0.05) is 12.1 Å². The first-order valence-electron chi connectivity index (χ1n) is 8.12. The molecule has 6 heteroatoms. The molecule has 1 N–H and O–H groups in total. The van der Waals surface area contributed by atoms with Crippen LogP contribution in [-0.4, -0.2) is 53.4 Å². The second-order valence-electron chi connectivity index (χ2n) is 7.40. The van der Waals surface area contributed by atoms with Crippen LogP contribution in [0.1, 0.15) is 44.5 Å². The molecule has 124 valence electrons. The molecule has 3 rings (SSSR count). The van der Waals surface area contributed by atoms with Gasteiger partial charge >= 0.3 is 7.12 Å². The van der Waals surface area contributed by atoms with Crippen molar-refractivity contribution in [2.24, 2.45) is 0 Å². The molecule has 0 bridgehead atoms. The number of nitrogens with zero attached hydrogens (tertiary/aromatic N) is 1. The summed E-state index contributed by atoms with van der Waals surface area (Å²) in [5, 5.41) is 9.55. The van der Waals surface area contributed by atoms with Gasteiger partial charge in [-0.25, -0.2) is 0 Å². The molecule has 2 fully saturated rings. The summed E-state index contributed by atoms with van der Waals surface area (Å²) >= 11 is 0. The van der Waals surface area contributed by atoms with Crippen LogP contribution in [0, 0.1) is 0 Å². The van der Waals surface area contributed by atoms with Crippen LogP contribution in [0.3, 0.4) is 0 Å². The summed E-state index contributed by atoms with van der Waals surface area (Å²) in [5.41, 5.74) is 0.774. The molecule has 5 nitrogen and oxygen atoms in total. The Hall–Kier alpha value is -1.37. The van der Waals surface area contributed by atoms with Crippen molar-refractivity contribution in [1.29, 1.82) is 0 Å². The molecule has 0 unspecified atom stereocenters. The Morgan fingerprint density at radius 3 is 2.22 bits per heavy atom. The fraction of sp³-hybridized carbons (Fsp3) is 0.588. The van der Waals surface area contributed by atoms with Gasteiger partial charge in [0, 0.05) is 18.7 Å². The minimum absolute atomic E-state index is 0.0398. The summed E-state index contributed by atoms with van der Waals surface area (Å²) in [5.74, 6) is -0.0398. The maximum atomic E-state index is 12.4. The largest absolute Gasteiger partial charge is 0.494 e. The second kappa shape index (κ2) is 5.62. The van der Waals surface area contributed by atoms with Crippen molar-refractivity contribution in [2.45, 2.75) is 51.4 Å². The van der Waals surface area contributed by atoms with E-state index in [1.54, 1.807) is 17.0 Å². The minimum Gasteiger partial charge on any atom is -0.399 e. The molecule has 0 saturated carbocycles. The van der Waals surface area contributed by atoms with Crippen molar-refractivity contribution >= 4 is 18.5 Å². The van der Waals surface area contributed by atoms with E-state index in [1.165, 1.54) is 0 Å². The Labute approximate surface area is 137 Å². The molecule has 23 heavy (non-hydrogen) atoms. The van der Waals surface area contributed by atoms with Gasteiger partial charge in [0.15, 0.2) is 0 Å². The number of hydrogen-bond donors (Lipinski definition) is 1. The zero-order chi connectivity index (χ0) is 16.8. The highest BCUT2D eigenvalue weighted by Crippen LogP contribution is 2.36. The molecular weight excluding hydrogens is 293 g/mol. The van der Waals surface area contributed by atoms with E-state index in [4.69, 9.17) is 9.31 Å². The van der Waals surface area contributed by atoms with Gasteiger partial charge in [0.05, 0.1) is 17.3 Å². The first kappa shape index (κ1) is 16.5. The average Bonchev–Trinajstić information content (AvgIpc) is 3.00. The van der Waals surface area contributed by atoms with Crippen molar-refractivity contribution in [3.8, 4) is 0 Å². The first-order chi connectivity index (χ1) is 10.7. The molecule has 0 spiro atoms. The first-order valence-corrected chi connectivity index (χ1v) is 8.12. The van der Waals surface area contributed by atoms with E-state index in [9.17, 15) is 9.90 Å². The van der Waals surface area contributed by atoms with Crippen LogP contribution in [0.15, 0.2) is 24.3 Å².